The maximum atomic E-state index is 6.07. The first-order valence-electron chi connectivity index (χ1n) is 6.83. The zero-order valence-electron chi connectivity index (χ0n) is 11.2. The van der Waals surface area contributed by atoms with Crippen LogP contribution >= 0.6 is 11.8 Å². The minimum absolute atomic E-state index is 0.200. The molecule has 0 aromatic carbocycles. The molecule has 0 spiro atoms. The van der Waals surface area contributed by atoms with E-state index in [1.165, 1.54) is 31.4 Å². The van der Waals surface area contributed by atoms with Gasteiger partial charge in [0.05, 0.1) is 6.10 Å². The molecule has 0 amide bonds. The van der Waals surface area contributed by atoms with Crippen LogP contribution in [0.5, 0.6) is 0 Å². The summed E-state index contributed by atoms with van der Waals surface area (Å²) in [4.78, 5) is 2.48. The first kappa shape index (κ1) is 13.7. The molecule has 2 N–H and O–H groups in total. The molecule has 2 heterocycles. The molecule has 100 valence electrons. The SMILES string of the molecule is CC1SCCC1(CN)N(C)CC1CCCCO1. The normalized spacial score (nSPS) is 38.8. The number of thioether (sulfide) groups is 1. The Bertz CT molecular complexity index is 246. The highest BCUT2D eigenvalue weighted by molar-refractivity contribution is 8.00. The Labute approximate surface area is 109 Å². The first-order valence-corrected chi connectivity index (χ1v) is 7.88. The van der Waals surface area contributed by atoms with E-state index < -0.39 is 0 Å². The van der Waals surface area contributed by atoms with Crippen LogP contribution in [0.4, 0.5) is 0 Å². The van der Waals surface area contributed by atoms with Gasteiger partial charge in [-0.05, 0) is 38.5 Å². The lowest BCUT2D eigenvalue weighted by atomic mass is 9.90. The molecule has 0 aliphatic carbocycles. The lowest BCUT2D eigenvalue weighted by Crippen LogP contribution is -2.57. The zero-order valence-corrected chi connectivity index (χ0v) is 12.0. The number of likely N-dealkylation sites (N-methyl/N-ethyl adjacent to an activating group) is 1. The average molecular weight is 258 g/mol. The van der Waals surface area contributed by atoms with Crippen LogP contribution in [-0.4, -0.2) is 54.3 Å². The molecule has 2 aliphatic heterocycles. The summed E-state index contributed by atoms with van der Waals surface area (Å²) in [5.41, 5.74) is 6.27. The third kappa shape index (κ3) is 2.80. The second kappa shape index (κ2) is 5.91. The fraction of sp³-hybridized carbons (Fsp3) is 1.00. The van der Waals surface area contributed by atoms with E-state index in [0.717, 1.165) is 19.7 Å². The van der Waals surface area contributed by atoms with Gasteiger partial charge < -0.3 is 10.5 Å². The van der Waals surface area contributed by atoms with E-state index in [-0.39, 0.29) is 5.54 Å². The molecule has 2 fully saturated rings. The Morgan fingerprint density at radius 2 is 2.29 bits per heavy atom. The smallest absolute Gasteiger partial charge is 0.0702 e. The van der Waals surface area contributed by atoms with E-state index in [2.05, 4.69) is 30.6 Å². The number of ether oxygens (including phenoxy) is 1. The molecule has 3 atom stereocenters. The van der Waals surface area contributed by atoms with Gasteiger partial charge in [0.15, 0.2) is 0 Å². The van der Waals surface area contributed by atoms with Crippen LogP contribution in [0.25, 0.3) is 0 Å². The van der Waals surface area contributed by atoms with Crippen molar-refractivity contribution < 1.29 is 4.74 Å². The van der Waals surface area contributed by atoms with Gasteiger partial charge in [0.2, 0.25) is 0 Å². The molecule has 17 heavy (non-hydrogen) atoms. The van der Waals surface area contributed by atoms with Crippen molar-refractivity contribution in [1.82, 2.24) is 4.90 Å². The van der Waals surface area contributed by atoms with Crippen LogP contribution in [0, 0.1) is 0 Å². The predicted octanol–water partition coefficient (Wildman–Crippen LogP) is 1.71. The molecule has 2 aliphatic rings. The van der Waals surface area contributed by atoms with Crippen molar-refractivity contribution in [2.45, 2.75) is 49.5 Å². The molecule has 4 heteroatoms. The monoisotopic (exact) mass is 258 g/mol. The van der Waals surface area contributed by atoms with Crippen LogP contribution < -0.4 is 5.73 Å². The molecule has 0 aromatic heterocycles. The molecule has 0 bridgehead atoms. The fourth-order valence-electron chi connectivity index (χ4n) is 3.13. The van der Waals surface area contributed by atoms with Crippen LogP contribution in [0.1, 0.15) is 32.6 Å². The number of nitrogens with two attached hydrogens (primary N) is 1. The van der Waals surface area contributed by atoms with Gasteiger partial charge in [0, 0.05) is 30.5 Å². The van der Waals surface area contributed by atoms with E-state index in [1.807, 2.05) is 0 Å². The minimum Gasteiger partial charge on any atom is -0.377 e. The van der Waals surface area contributed by atoms with Crippen LogP contribution in [0.15, 0.2) is 0 Å². The van der Waals surface area contributed by atoms with E-state index in [0.29, 0.717) is 11.4 Å². The second-order valence-electron chi connectivity index (χ2n) is 5.44. The molecule has 0 radical (unpaired) electrons. The van der Waals surface area contributed by atoms with E-state index in [4.69, 9.17) is 10.5 Å². The highest BCUT2D eigenvalue weighted by Crippen LogP contribution is 2.39. The Morgan fingerprint density at radius 1 is 1.47 bits per heavy atom. The summed E-state index contributed by atoms with van der Waals surface area (Å²) in [5.74, 6) is 1.24. The van der Waals surface area contributed by atoms with Crippen molar-refractivity contribution in [2.75, 3.05) is 32.5 Å². The molecule has 3 unspecified atom stereocenters. The highest BCUT2D eigenvalue weighted by Gasteiger charge is 2.43. The predicted molar refractivity (Wildman–Crippen MR) is 74.5 cm³/mol. The molecular formula is C13H26N2OS. The van der Waals surface area contributed by atoms with Gasteiger partial charge in [0.25, 0.3) is 0 Å². The van der Waals surface area contributed by atoms with Gasteiger partial charge in [-0.25, -0.2) is 0 Å². The van der Waals surface area contributed by atoms with Crippen molar-refractivity contribution in [1.29, 1.82) is 0 Å². The summed E-state index contributed by atoms with van der Waals surface area (Å²) in [7, 11) is 2.23. The summed E-state index contributed by atoms with van der Waals surface area (Å²) in [6, 6.07) is 0. The Morgan fingerprint density at radius 3 is 2.82 bits per heavy atom. The number of hydrogen-bond acceptors (Lipinski definition) is 4. The Balaban J connectivity index is 1.94. The molecule has 0 saturated carbocycles. The van der Waals surface area contributed by atoms with Gasteiger partial charge in [-0.2, -0.15) is 11.8 Å². The zero-order chi connectivity index (χ0) is 12.3. The van der Waals surface area contributed by atoms with Crippen LogP contribution in [0.2, 0.25) is 0 Å². The van der Waals surface area contributed by atoms with Crippen molar-refractivity contribution in [2.24, 2.45) is 5.73 Å². The summed E-state index contributed by atoms with van der Waals surface area (Å²) in [5, 5.41) is 0.640. The number of hydrogen-bond donors (Lipinski definition) is 1. The summed E-state index contributed by atoms with van der Waals surface area (Å²) in [6.45, 7) is 5.08. The molecule has 3 nitrogen and oxygen atoms in total. The fourth-order valence-corrected chi connectivity index (χ4v) is 4.66. The van der Waals surface area contributed by atoms with E-state index in [9.17, 15) is 0 Å². The third-order valence-electron chi connectivity index (χ3n) is 4.52. The summed E-state index contributed by atoms with van der Waals surface area (Å²) < 4.78 is 5.84. The average Bonchev–Trinajstić information content (AvgIpc) is 2.73. The molecule has 2 saturated heterocycles. The van der Waals surface area contributed by atoms with Crippen molar-refractivity contribution in [3.8, 4) is 0 Å². The Hall–Kier alpha value is 0.230. The molecule has 2 rings (SSSR count). The van der Waals surface area contributed by atoms with Gasteiger partial charge in [-0.3, -0.25) is 4.90 Å². The minimum atomic E-state index is 0.200. The standard InChI is InChI=1S/C13H26N2OS/c1-11-13(10-14,6-8-17-11)15(2)9-12-5-3-4-7-16-12/h11-12H,3-10,14H2,1-2H3. The maximum absolute atomic E-state index is 6.07. The van der Waals surface area contributed by atoms with Crippen molar-refractivity contribution in [3.05, 3.63) is 0 Å². The van der Waals surface area contributed by atoms with Crippen LogP contribution in [0.3, 0.4) is 0 Å². The van der Waals surface area contributed by atoms with Crippen molar-refractivity contribution in [3.63, 3.8) is 0 Å². The Kier molecular flexibility index (Phi) is 4.75. The highest BCUT2D eigenvalue weighted by atomic mass is 32.2. The third-order valence-corrected chi connectivity index (χ3v) is 5.90. The van der Waals surface area contributed by atoms with E-state index >= 15 is 0 Å². The maximum Gasteiger partial charge on any atom is 0.0702 e. The lowest BCUT2D eigenvalue weighted by molar-refractivity contribution is -0.0217. The quantitative estimate of drug-likeness (QED) is 0.833. The van der Waals surface area contributed by atoms with Gasteiger partial charge >= 0.3 is 0 Å². The first-order chi connectivity index (χ1) is 8.19. The van der Waals surface area contributed by atoms with E-state index in [1.54, 1.807) is 0 Å². The van der Waals surface area contributed by atoms with Crippen molar-refractivity contribution >= 4 is 11.8 Å². The number of nitrogens with zero attached hydrogens (tertiary/aromatic N) is 1. The molecule has 0 aromatic rings. The largest absolute Gasteiger partial charge is 0.377 e. The van der Waals surface area contributed by atoms with Crippen LogP contribution in [-0.2, 0) is 4.74 Å². The summed E-state index contributed by atoms with van der Waals surface area (Å²) in [6.07, 6.45) is 5.41. The second-order valence-corrected chi connectivity index (χ2v) is 6.89. The lowest BCUT2D eigenvalue weighted by Gasteiger charge is -2.43. The molecular weight excluding hydrogens is 232 g/mol. The topological polar surface area (TPSA) is 38.5 Å². The summed E-state index contributed by atoms with van der Waals surface area (Å²) >= 11 is 2.06. The van der Waals surface area contributed by atoms with Gasteiger partial charge in [0.1, 0.15) is 0 Å². The van der Waals surface area contributed by atoms with Gasteiger partial charge in [-0.1, -0.05) is 6.92 Å². The van der Waals surface area contributed by atoms with Gasteiger partial charge in [-0.15, -0.1) is 0 Å². The number of rotatable bonds is 4.